The minimum atomic E-state index is -0.0593. The van der Waals surface area contributed by atoms with Crippen LogP contribution in [0.15, 0.2) is 53.6 Å². The van der Waals surface area contributed by atoms with E-state index in [0.29, 0.717) is 11.2 Å². The fourth-order valence-corrected chi connectivity index (χ4v) is 4.87. The van der Waals surface area contributed by atoms with Gasteiger partial charge in [-0.25, -0.2) is 4.98 Å². The van der Waals surface area contributed by atoms with E-state index in [-0.39, 0.29) is 11.7 Å². The molecule has 4 rings (SSSR count). The van der Waals surface area contributed by atoms with Gasteiger partial charge in [0.1, 0.15) is 6.07 Å². The lowest BCUT2D eigenvalue weighted by Crippen LogP contribution is -2.15. The maximum absolute atomic E-state index is 12.7. The number of aromatic nitrogens is 2. The molecule has 1 N–H and O–H groups in total. The summed E-state index contributed by atoms with van der Waals surface area (Å²) >= 11 is 1.49. The number of para-hydroxylation sites is 3. The van der Waals surface area contributed by atoms with Gasteiger partial charge < -0.3 is 5.32 Å². The number of fused-ring (bicyclic) bond motifs is 3. The lowest BCUT2D eigenvalue weighted by atomic mass is 10.0. The molecule has 1 amide bonds. The Morgan fingerprint density at radius 2 is 1.90 bits per heavy atom. The van der Waals surface area contributed by atoms with Gasteiger partial charge in [-0.05, 0) is 55.2 Å². The minimum Gasteiger partial charge on any atom is -0.325 e. The first kappa shape index (κ1) is 20.0. The monoisotopic (exact) mass is 414 g/mol. The zero-order valence-electron chi connectivity index (χ0n) is 17.2. The van der Waals surface area contributed by atoms with Crippen LogP contribution in [0.5, 0.6) is 0 Å². The van der Waals surface area contributed by atoms with Crippen LogP contribution in [0.2, 0.25) is 0 Å². The zero-order chi connectivity index (χ0) is 21.3. The van der Waals surface area contributed by atoms with E-state index in [4.69, 9.17) is 4.98 Å². The zero-order valence-corrected chi connectivity index (χ0v) is 18.0. The summed E-state index contributed by atoms with van der Waals surface area (Å²) in [6.07, 6.45) is 0.769. The van der Waals surface area contributed by atoms with Crippen molar-refractivity contribution in [3.05, 3.63) is 70.8 Å². The van der Waals surface area contributed by atoms with E-state index >= 15 is 0 Å². The van der Waals surface area contributed by atoms with Crippen LogP contribution in [0.3, 0.4) is 0 Å². The Hall–Kier alpha value is -3.30. The highest BCUT2D eigenvalue weighted by Gasteiger charge is 2.20. The molecule has 0 unspecified atom stereocenters. The minimum absolute atomic E-state index is 0.0593. The first-order chi connectivity index (χ1) is 14.5. The van der Waals surface area contributed by atoms with Crippen LogP contribution >= 0.6 is 11.8 Å². The van der Waals surface area contributed by atoms with E-state index in [1.165, 1.54) is 11.8 Å². The number of imidazole rings is 1. The predicted molar refractivity (Wildman–Crippen MR) is 122 cm³/mol. The number of rotatable bonds is 5. The number of nitrogens with one attached hydrogen (secondary N) is 1. The quantitative estimate of drug-likeness (QED) is 0.452. The van der Waals surface area contributed by atoms with Gasteiger partial charge in [0, 0.05) is 5.69 Å². The molecular weight excluding hydrogens is 392 g/mol. The average Bonchev–Trinajstić information content (AvgIpc) is 3.12. The van der Waals surface area contributed by atoms with Gasteiger partial charge in [-0.1, -0.05) is 49.0 Å². The van der Waals surface area contributed by atoms with Crippen molar-refractivity contribution in [1.29, 1.82) is 5.26 Å². The van der Waals surface area contributed by atoms with Gasteiger partial charge in [-0.2, -0.15) is 5.26 Å². The molecule has 0 aliphatic heterocycles. The molecule has 5 nitrogen and oxygen atoms in total. The number of anilines is 1. The average molecular weight is 415 g/mol. The first-order valence-corrected chi connectivity index (χ1v) is 10.8. The number of pyridine rings is 1. The van der Waals surface area contributed by atoms with Crippen LogP contribution in [-0.2, 0) is 11.2 Å². The van der Waals surface area contributed by atoms with E-state index in [0.717, 1.165) is 44.9 Å². The summed E-state index contributed by atoms with van der Waals surface area (Å²) in [6.45, 7) is 6.02. The molecule has 0 saturated heterocycles. The maximum Gasteiger partial charge on any atom is 0.234 e. The van der Waals surface area contributed by atoms with Crippen LogP contribution in [0.4, 0.5) is 5.69 Å². The number of benzene rings is 2. The molecule has 2 aromatic heterocycles. The third-order valence-electron chi connectivity index (χ3n) is 5.30. The molecule has 0 radical (unpaired) electrons. The Kier molecular flexibility index (Phi) is 5.47. The molecule has 6 heteroatoms. The summed E-state index contributed by atoms with van der Waals surface area (Å²) in [7, 11) is 0. The smallest absolute Gasteiger partial charge is 0.234 e. The van der Waals surface area contributed by atoms with Gasteiger partial charge in [0.05, 0.1) is 27.4 Å². The van der Waals surface area contributed by atoms with Crippen molar-refractivity contribution in [2.75, 3.05) is 11.1 Å². The van der Waals surface area contributed by atoms with Crippen molar-refractivity contribution < 1.29 is 4.79 Å². The summed E-state index contributed by atoms with van der Waals surface area (Å²) in [5.74, 6) is 0.213. The van der Waals surface area contributed by atoms with Crippen molar-refractivity contribution in [3.63, 3.8) is 0 Å². The summed E-state index contributed by atoms with van der Waals surface area (Å²) in [4.78, 5) is 17.4. The number of nitriles is 1. The molecule has 0 spiro atoms. The normalized spacial score (nSPS) is 11.0. The van der Waals surface area contributed by atoms with Crippen molar-refractivity contribution in [2.45, 2.75) is 32.2 Å². The Morgan fingerprint density at radius 1 is 1.17 bits per heavy atom. The lowest BCUT2D eigenvalue weighted by molar-refractivity contribution is -0.113. The molecule has 0 aliphatic rings. The summed E-state index contributed by atoms with van der Waals surface area (Å²) in [5.41, 5.74) is 6.90. The third kappa shape index (κ3) is 3.42. The largest absolute Gasteiger partial charge is 0.325 e. The van der Waals surface area contributed by atoms with Gasteiger partial charge in [-0.3, -0.25) is 9.20 Å². The second-order valence-electron chi connectivity index (χ2n) is 7.16. The van der Waals surface area contributed by atoms with Crippen LogP contribution < -0.4 is 5.32 Å². The molecule has 0 aliphatic carbocycles. The highest BCUT2D eigenvalue weighted by Crippen LogP contribution is 2.33. The van der Waals surface area contributed by atoms with Crippen LogP contribution in [-0.4, -0.2) is 21.0 Å². The number of nitrogens with zero attached hydrogens (tertiary/aromatic N) is 3. The van der Waals surface area contributed by atoms with E-state index in [2.05, 4.69) is 18.3 Å². The lowest BCUT2D eigenvalue weighted by Gasteiger charge is -2.16. The van der Waals surface area contributed by atoms with Crippen molar-refractivity contribution in [1.82, 2.24) is 9.38 Å². The maximum atomic E-state index is 12.7. The van der Waals surface area contributed by atoms with Crippen molar-refractivity contribution in [3.8, 4) is 6.07 Å². The molecule has 150 valence electrons. The van der Waals surface area contributed by atoms with Gasteiger partial charge in [-0.15, -0.1) is 0 Å². The SMILES string of the molecule is CCc1c(C)c(C#N)c2nc3ccccc3n2c1SCC(=O)Nc1ccccc1C. The van der Waals surface area contributed by atoms with E-state index in [1.54, 1.807) is 0 Å². The van der Waals surface area contributed by atoms with Gasteiger partial charge in [0.15, 0.2) is 5.65 Å². The fraction of sp³-hybridized carbons (Fsp3) is 0.208. The molecule has 4 aromatic rings. The highest BCUT2D eigenvalue weighted by atomic mass is 32.2. The number of carbonyl (C=O) groups is 1. The number of thioether (sulfide) groups is 1. The Balaban J connectivity index is 1.77. The number of amides is 1. The molecule has 30 heavy (non-hydrogen) atoms. The second kappa shape index (κ2) is 8.21. The molecular formula is C24H22N4OS. The molecule has 2 aromatic carbocycles. The first-order valence-electron chi connectivity index (χ1n) is 9.86. The van der Waals surface area contributed by atoms with Gasteiger partial charge in [0.25, 0.3) is 0 Å². The molecule has 0 bridgehead atoms. The summed E-state index contributed by atoms with van der Waals surface area (Å²) in [5, 5.41) is 13.8. The molecule has 2 heterocycles. The Bertz CT molecular complexity index is 1320. The standard InChI is InChI=1S/C24H22N4OS/c1-4-17-16(3)18(13-25)23-27-20-11-7-8-12-21(20)28(23)24(17)30-14-22(29)26-19-10-6-5-9-15(19)2/h5-12H,4,14H2,1-3H3,(H,26,29). The van der Waals surface area contributed by atoms with Crippen molar-refractivity contribution in [2.24, 2.45) is 0 Å². The van der Waals surface area contributed by atoms with Crippen LogP contribution in [0, 0.1) is 25.2 Å². The van der Waals surface area contributed by atoms with E-state index < -0.39 is 0 Å². The Morgan fingerprint density at radius 3 is 2.63 bits per heavy atom. The highest BCUT2D eigenvalue weighted by molar-refractivity contribution is 8.00. The molecule has 0 saturated carbocycles. The number of carbonyl (C=O) groups excluding carboxylic acids is 1. The number of aryl methyl sites for hydroxylation is 1. The molecule has 0 atom stereocenters. The topological polar surface area (TPSA) is 70.2 Å². The third-order valence-corrected chi connectivity index (χ3v) is 6.41. The van der Waals surface area contributed by atoms with Crippen molar-refractivity contribution >= 4 is 40.0 Å². The summed E-state index contributed by atoms with van der Waals surface area (Å²) in [6, 6.07) is 17.9. The van der Waals surface area contributed by atoms with Crippen LogP contribution in [0.25, 0.3) is 16.7 Å². The summed E-state index contributed by atoms with van der Waals surface area (Å²) < 4.78 is 2.03. The van der Waals surface area contributed by atoms with Gasteiger partial charge >= 0.3 is 0 Å². The number of hydrogen-bond acceptors (Lipinski definition) is 4. The van der Waals surface area contributed by atoms with Gasteiger partial charge in [0.2, 0.25) is 5.91 Å². The fourth-order valence-electron chi connectivity index (χ4n) is 3.75. The molecule has 0 fully saturated rings. The Labute approximate surface area is 179 Å². The predicted octanol–water partition coefficient (Wildman–Crippen LogP) is 5.27. The van der Waals surface area contributed by atoms with Crippen LogP contribution in [0.1, 0.15) is 29.2 Å². The van der Waals surface area contributed by atoms with E-state index in [9.17, 15) is 10.1 Å². The van der Waals surface area contributed by atoms with E-state index in [1.807, 2.05) is 66.8 Å². The number of hydrogen-bond donors (Lipinski definition) is 1. The second-order valence-corrected chi connectivity index (χ2v) is 8.12.